The summed E-state index contributed by atoms with van der Waals surface area (Å²) in [5.74, 6) is -1.25. The molecule has 0 aromatic rings. The minimum Gasteiger partial charge on any atom is -0.481 e. The summed E-state index contributed by atoms with van der Waals surface area (Å²) < 4.78 is 27.0. The van der Waals surface area contributed by atoms with Gasteiger partial charge in [-0.15, -0.1) is 0 Å². The number of aliphatic carboxylic acids is 1. The predicted octanol–water partition coefficient (Wildman–Crippen LogP) is 0.377. The number of ether oxygens (including phenoxy) is 3. The Balaban J connectivity index is 3.12. The van der Waals surface area contributed by atoms with E-state index in [-0.39, 0.29) is 25.4 Å². The second-order valence-corrected chi connectivity index (χ2v) is 4.12. The summed E-state index contributed by atoms with van der Waals surface area (Å²) in [4.78, 5) is 21.4. The Morgan fingerprint density at radius 1 is 0.905 bits per heavy atom. The maximum absolute atomic E-state index is 11.7. The van der Waals surface area contributed by atoms with Crippen LogP contribution in [0.2, 0.25) is 0 Å². The highest BCUT2D eigenvalue weighted by atomic mass is 19.1. The van der Waals surface area contributed by atoms with E-state index >= 15 is 0 Å². The van der Waals surface area contributed by atoms with Crippen molar-refractivity contribution in [2.45, 2.75) is 19.3 Å². The molecule has 124 valence electrons. The molecule has 0 unspecified atom stereocenters. The summed E-state index contributed by atoms with van der Waals surface area (Å²) >= 11 is 0. The highest BCUT2D eigenvalue weighted by molar-refractivity contribution is 5.80. The first-order valence-electron chi connectivity index (χ1n) is 6.94. The smallest absolute Gasteiger partial charge is 0.303 e. The molecule has 0 bridgehead atoms. The zero-order chi connectivity index (χ0) is 15.8. The van der Waals surface area contributed by atoms with Crippen LogP contribution in [0.5, 0.6) is 0 Å². The van der Waals surface area contributed by atoms with Crippen molar-refractivity contribution < 1.29 is 33.3 Å². The molecule has 0 atom stereocenters. The summed E-state index contributed by atoms with van der Waals surface area (Å²) in [5.41, 5.74) is 0. The summed E-state index contributed by atoms with van der Waals surface area (Å²) in [7, 11) is 0. The van der Waals surface area contributed by atoms with Crippen molar-refractivity contribution in [1.29, 1.82) is 0 Å². The van der Waals surface area contributed by atoms with Gasteiger partial charge in [-0.3, -0.25) is 9.59 Å². The monoisotopic (exact) mass is 309 g/mol. The topological polar surface area (TPSA) is 94.1 Å². The minimum atomic E-state index is -0.983. The fourth-order valence-corrected chi connectivity index (χ4v) is 1.31. The van der Waals surface area contributed by atoms with Gasteiger partial charge in [-0.05, 0) is 6.42 Å². The van der Waals surface area contributed by atoms with E-state index in [2.05, 4.69) is 5.32 Å². The molecule has 0 heterocycles. The number of rotatable bonds is 15. The first kappa shape index (κ1) is 19.8. The third-order valence-corrected chi connectivity index (χ3v) is 2.32. The molecule has 0 saturated heterocycles. The predicted molar refractivity (Wildman–Crippen MR) is 72.9 cm³/mol. The molecular formula is C13H24FNO6. The number of alkyl halides is 1. The number of halogens is 1. The third kappa shape index (κ3) is 16.7. The molecule has 0 spiro atoms. The van der Waals surface area contributed by atoms with Gasteiger partial charge in [0.15, 0.2) is 0 Å². The quantitative estimate of drug-likeness (QED) is 0.425. The van der Waals surface area contributed by atoms with Crippen molar-refractivity contribution in [3.63, 3.8) is 0 Å². The van der Waals surface area contributed by atoms with Gasteiger partial charge in [0, 0.05) is 19.6 Å². The zero-order valence-corrected chi connectivity index (χ0v) is 12.1. The van der Waals surface area contributed by atoms with Crippen LogP contribution in [0.1, 0.15) is 19.3 Å². The van der Waals surface area contributed by atoms with Gasteiger partial charge in [0.1, 0.15) is 6.67 Å². The number of nitrogens with one attached hydrogen (secondary N) is 1. The average Bonchev–Trinajstić information content (AvgIpc) is 2.46. The summed E-state index contributed by atoms with van der Waals surface area (Å²) in [6.07, 6.45) is 0.488. The van der Waals surface area contributed by atoms with Gasteiger partial charge >= 0.3 is 5.97 Å². The van der Waals surface area contributed by atoms with E-state index in [1.807, 2.05) is 0 Å². The SMILES string of the molecule is O=C(O)CCC(=O)NCCCOCCOCCOCCF. The molecule has 21 heavy (non-hydrogen) atoms. The van der Waals surface area contributed by atoms with Crippen LogP contribution in [0.15, 0.2) is 0 Å². The van der Waals surface area contributed by atoms with Gasteiger partial charge in [-0.25, -0.2) is 4.39 Å². The molecule has 0 radical (unpaired) electrons. The number of amides is 1. The minimum absolute atomic E-state index is 0.00545. The van der Waals surface area contributed by atoms with Crippen molar-refractivity contribution in [2.24, 2.45) is 0 Å². The Labute approximate surface area is 123 Å². The molecule has 0 saturated carbocycles. The Kier molecular flexibility index (Phi) is 14.2. The molecule has 0 aliphatic heterocycles. The lowest BCUT2D eigenvalue weighted by molar-refractivity contribution is -0.138. The second-order valence-electron chi connectivity index (χ2n) is 4.12. The third-order valence-electron chi connectivity index (χ3n) is 2.32. The van der Waals surface area contributed by atoms with E-state index in [1.165, 1.54) is 0 Å². The maximum Gasteiger partial charge on any atom is 0.303 e. The molecule has 8 heteroatoms. The van der Waals surface area contributed by atoms with E-state index in [1.54, 1.807) is 0 Å². The molecule has 1 amide bonds. The largest absolute Gasteiger partial charge is 0.481 e. The summed E-state index contributed by atoms with van der Waals surface area (Å²) in [6.45, 7) is 2.20. The Bertz CT molecular complexity index is 277. The number of carboxylic acids is 1. The zero-order valence-electron chi connectivity index (χ0n) is 12.1. The van der Waals surface area contributed by atoms with Crippen LogP contribution >= 0.6 is 0 Å². The molecular weight excluding hydrogens is 285 g/mol. The normalized spacial score (nSPS) is 10.5. The molecule has 0 aromatic heterocycles. The van der Waals surface area contributed by atoms with E-state index in [9.17, 15) is 14.0 Å². The Hall–Kier alpha value is -1.25. The second kappa shape index (κ2) is 15.1. The fraction of sp³-hybridized carbons (Fsp3) is 0.846. The van der Waals surface area contributed by atoms with E-state index in [4.69, 9.17) is 19.3 Å². The lowest BCUT2D eigenvalue weighted by atomic mass is 10.3. The van der Waals surface area contributed by atoms with Crippen molar-refractivity contribution >= 4 is 11.9 Å². The van der Waals surface area contributed by atoms with Gasteiger partial charge in [0.25, 0.3) is 0 Å². The maximum atomic E-state index is 11.7. The molecule has 0 fully saturated rings. The molecule has 0 aliphatic rings. The van der Waals surface area contributed by atoms with Crippen LogP contribution in [0.25, 0.3) is 0 Å². The van der Waals surface area contributed by atoms with Crippen molar-refractivity contribution in [1.82, 2.24) is 5.32 Å². The van der Waals surface area contributed by atoms with E-state index in [0.29, 0.717) is 46.0 Å². The average molecular weight is 309 g/mol. The van der Waals surface area contributed by atoms with Gasteiger partial charge in [0.05, 0.1) is 39.5 Å². The molecule has 0 aromatic carbocycles. The van der Waals surface area contributed by atoms with Crippen LogP contribution < -0.4 is 5.32 Å². The van der Waals surface area contributed by atoms with Gasteiger partial charge in [-0.2, -0.15) is 0 Å². The first-order valence-corrected chi connectivity index (χ1v) is 6.94. The number of carboxylic acid groups (broad SMARTS) is 1. The van der Waals surface area contributed by atoms with Crippen LogP contribution in [-0.2, 0) is 23.8 Å². The lowest BCUT2D eigenvalue weighted by Gasteiger charge is -2.07. The van der Waals surface area contributed by atoms with Crippen LogP contribution in [0.3, 0.4) is 0 Å². The highest BCUT2D eigenvalue weighted by Crippen LogP contribution is 1.89. The molecule has 0 rings (SSSR count). The standard InChI is InChI=1S/C13H24FNO6/c14-4-7-20-9-11-21-10-8-19-6-1-5-15-12(16)2-3-13(17)18/h1-11H2,(H,15,16)(H,17,18). The fourth-order valence-electron chi connectivity index (χ4n) is 1.31. The number of hydrogen-bond acceptors (Lipinski definition) is 5. The molecule has 2 N–H and O–H groups in total. The van der Waals surface area contributed by atoms with Crippen LogP contribution in [0, 0.1) is 0 Å². The number of hydrogen-bond donors (Lipinski definition) is 2. The highest BCUT2D eigenvalue weighted by Gasteiger charge is 2.03. The summed E-state index contributed by atoms with van der Waals surface area (Å²) in [5, 5.41) is 11.0. The van der Waals surface area contributed by atoms with E-state index in [0.717, 1.165) is 0 Å². The van der Waals surface area contributed by atoms with Gasteiger partial charge in [0.2, 0.25) is 5.91 Å². The van der Waals surface area contributed by atoms with Crippen molar-refractivity contribution in [2.75, 3.05) is 52.9 Å². The Morgan fingerprint density at radius 3 is 2.05 bits per heavy atom. The summed E-state index contributed by atoms with van der Waals surface area (Å²) in [6, 6.07) is 0. The van der Waals surface area contributed by atoms with E-state index < -0.39 is 12.6 Å². The van der Waals surface area contributed by atoms with Crippen molar-refractivity contribution in [3.8, 4) is 0 Å². The molecule has 7 nitrogen and oxygen atoms in total. The van der Waals surface area contributed by atoms with Gasteiger partial charge in [-0.1, -0.05) is 0 Å². The first-order chi connectivity index (χ1) is 10.2. The van der Waals surface area contributed by atoms with Crippen LogP contribution in [0.4, 0.5) is 4.39 Å². The number of carbonyl (C=O) groups excluding carboxylic acids is 1. The van der Waals surface area contributed by atoms with Crippen molar-refractivity contribution in [3.05, 3.63) is 0 Å². The lowest BCUT2D eigenvalue weighted by Crippen LogP contribution is -2.25. The Morgan fingerprint density at radius 2 is 1.48 bits per heavy atom. The molecule has 0 aliphatic carbocycles. The van der Waals surface area contributed by atoms with Gasteiger partial charge < -0.3 is 24.6 Å². The number of carbonyl (C=O) groups is 2. The van der Waals surface area contributed by atoms with Crippen LogP contribution in [-0.4, -0.2) is 69.8 Å².